The summed E-state index contributed by atoms with van der Waals surface area (Å²) in [5.74, 6) is 0. The minimum atomic E-state index is -1.47. The van der Waals surface area contributed by atoms with E-state index in [0.717, 1.165) is 0 Å². The second kappa shape index (κ2) is 5.12. The third kappa shape index (κ3) is 2.36. The zero-order valence-electron chi connectivity index (χ0n) is 10.0. The summed E-state index contributed by atoms with van der Waals surface area (Å²) in [4.78, 5) is 0. The van der Waals surface area contributed by atoms with E-state index in [4.69, 9.17) is 0 Å². The van der Waals surface area contributed by atoms with Crippen molar-refractivity contribution < 1.29 is 0 Å². The molecule has 0 saturated carbocycles. The lowest BCUT2D eigenvalue weighted by molar-refractivity contribution is 1.49. The molecule has 0 spiro atoms. The quantitative estimate of drug-likeness (QED) is 0.663. The van der Waals surface area contributed by atoms with Crippen LogP contribution >= 0.6 is 0 Å². The van der Waals surface area contributed by atoms with Crippen LogP contribution in [-0.4, -0.2) is 24.9 Å². The summed E-state index contributed by atoms with van der Waals surface area (Å²) >= 11 is 0. The molecule has 1 fully saturated rings. The first-order valence-corrected chi connectivity index (χ1v) is 12.7. The van der Waals surface area contributed by atoms with Crippen LogP contribution in [0.4, 0.5) is 0 Å². The van der Waals surface area contributed by atoms with Gasteiger partial charge in [-0.25, -0.2) is 0 Å². The van der Waals surface area contributed by atoms with Crippen LogP contribution in [0.5, 0.6) is 0 Å². The van der Waals surface area contributed by atoms with E-state index in [0.29, 0.717) is 0 Å². The molecule has 0 aromatic rings. The van der Waals surface area contributed by atoms with Crippen molar-refractivity contribution in [2.75, 3.05) is 0 Å². The molecule has 1 radical (unpaired) electrons. The topological polar surface area (TPSA) is 0 Å². The fourth-order valence-electron chi connectivity index (χ4n) is 2.53. The van der Waals surface area contributed by atoms with Gasteiger partial charge in [-0.2, -0.15) is 0 Å². The molecule has 0 aromatic carbocycles. The largest absolute Gasteiger partial charge is 0.107 e. The van der Waals surface area contributed by atoms with Gasteiger partial charge in [0.05, 0.1) is 24.9 Å². The molecule has 1 aliphatic rings. The van der Waals surface area contributed by atoms with Crippen molar-refractivity contribution >= 4 is 24.9 Å². The summed E-state index contributed by atoms with van der Waals surface area (Å²) < 4.78 is 0. The van der Waals surface area contributed by atoms with E-state index in [9.17, 15) is 0 Å². The van der Waals surface area contributed by atoms with Gasteiger partial charge in [0.2, 0.25) is 0 Å². The summed E-state index contributed by atoms with van der Waals surface area (Å²) in [6, 6.07) is 0. The molecule has 0 aromatic heterocycles. The first kappa shape index (κ1) is 13.4. The van der Waals surface area contributed by atoms with Crippen LogP contribution in [-0.2, 0) is 0 Å². The lowest BCUT2D eigenvalue weighted by Crippen LogP contribution is -2.53. The summed E-state index contributed by atoms with van der Waals surface area (Å²) in [6.45, 7) is 20.2. The van der Waals surface area contributed by atoms with E-state index in [1.54, 1.807) is 0 Å². The standard InChI is InChI=1S/C13H21Si3/c1-6-14-11-15(7-2,8-3)13-16(9-4,10-5)12-14/h6-10H,1-5,11-13H2. The first-order valence-electron chi connectivity index (χ1n) is 5.61. The molecule has 1 aliphatic heterocycles. The molecule has 3 heteroatoms. The molecule has 0 bridgehead atoms. The van der Waals surface area contributed by atoms with Gasteiger partial charge in [0.1, 0.15) is 0 Å². The number of hydrogen-bond acceptors (Lipinski definition) is 0. The van der Waals surface area contributed by atoms with E-state index in [-0.39, 0.29) is 0 Å². The zero-order chi connectivity index (χ0) is 12.2. The second-order valence-corrected chi connectivity index (χ2v) is 17.2. The minimum absolute atomic E-state index is 0.445. The summed E-state index contributed by atoms with van der Waals surface area (Å²) in [7, 11) is -3.39. The maximum Gasteiger partial charge on any atom is 0.0959 e. The van der Waals surface area contributed by atoms with Crippen molar-refractivity contribution in [2.24, 2.45) is 0 Å². The Balaban J connectivity index is 3.13. The normalized spacial score (nSPS) is 23.0. The Morgan fingerprint density at radius 3 is 1.38 bits per heavy atom. The van der Waals surface area contributed by atoms with Crippen LogP contribution < -0.4 is 0 Å². The molecular weight excluding hydrogens is 240 g/mol. The Hall–Kier alpha value is -0.649. The van der Waals surface area contributed by atoms with Gasteiger partial charge < -0.3 is 0 Å². The van der Waals surface area contributed by atoms with E-state index in [1.165, 1.54) is 17.0 Å². The summed E-state index contributed by atoms with van der Waals surface area (Å²) in [5.41, 5.74) is 15.0. The molecule has 0 nitrogen and oxygen atoms in total. The van der Waals surface area contributed by atoms with Crippen LogP contribution in [0.2, 0.25) is 17.0 Å². The van der Waals surface area contributed by atoms with Gasteiger partial charge in [-0.1, -0.05) is 34.1 Å². The van der Waals surface area contributed by atoms with Gasteiger partial charge in [0.25, 0.3) is 0 Å². The first-order chi connectivity index (χ1) is 7.59. The van der Waals surface area contributed by atoms with Crippen molar-refractivity contribution in [3.05, 3.63) is 61.4 Å². The van der Waals surface area contributed by atoms with Crippen LogP contribution in [0, 0.1) is 0 Å². The SMILES string of the molecule is C=C[Si]1C[Si](C=C)(C=C)C[Si](C=C)(C=C)C1. The van der Waals surface area contributed by atoms with E-state index >= 15 is 0 Å². The Kier molecular flexibility index (Phi) is 4.29. The molecule has 1 rings (SSSR count). The van der Waals surface area contributed by atoms with Crippen LogP contribution in [0.1, 0.15) is 0 Å². The smallest absolute Gasteiger partial charge is 0.0959 e. The lowest BCUT2D eigenvalue weighted by atomic mass is 11.2. The van der Waals surface area contributed by atoms with Crippen molar-refractivity contribution in [2.45, 2.75) is 17.0 Å². The highest BCUT2D eigenvalue weighted by molar-refractivity contribution is 7.16. The maximum atomic E-state index is 4.06. The van der Waals surface area contributed by atoms with Gasteiger partial charge in [-0.05, 0) is 5.67 Å². The third-order valence-electron chi connectivity index (χ3n) is 3.69. The molecule has 1 saturated heterocycles. The Bertz CT molecular complexity index is 286. The Morgan fingerprint density at radius 2 is 1.12 bits per heavy atom. The van der Waals surface area contributed by atoms with Gasteiger partial charge in [-0.15, -0.1) is 38.6 Å². The van der Waals surface area contributed by atoms with E-state index in [1.807, 2.05) is 0 Å². The van der Waals surface area contributed by atoms with Crippen molar-refractivity contribution in [3.63, 3.8) is 0 Å². The van der Waals surface area contributed by atoms with E-state index in [2.05, 4.69) is 61.4 Å². The molecule has 0 atom stereocenters. The highest BCUT2D eigenvalue weighted by Crippen LogP contribution is 2.37. The monoisotopic (exact) mass is 261 g/mol. The highest BCUT2D eigenvalue weighted by atomic mass is 28.4. The summed E-state index contributed by atoms with van der Waals surface area (Å²) in [5, 5.41) is 0. The molecular formula is C13H21Si3. The third-order valence-corrected chi connectivity index (χ3v) is 21.7. The van der Waals surface area contributed by atoms with Crippen molar-refractivity contribution in [1.29, 1.82) is 0 Å². The lowest BCUT2D eigenvalue weighted by Gasteiger charge is -2.42. The molecule has 0 N–H and O–H groups in total. The zero-order valence-corrected chi connectivity index (χ0v) is 13.0. The number of hydrogen-bond donors (Lipinski definition) is 0. The van der Waals surface area contributed by atoms with Crippen molar-refractivity contribution in [1.82, 2.24) is 0 Å². The van der Waals surface area contributed by atoms with Gasteiger partial charge >= 0.3 is 0 Å². The minimum Gasteiger partial charge on any atom is -0.107 e. The molecule has 16 heavy (non-hydrogen) atoms. The van der Waals surface area contributed by atoms with Crippen LogP contribution in [0.3, 0.4) is 0 Å². The molecule has 0 aliphatic carbocycles. The predicted octanol–water partition coefficient (Wildman–Crippen LogP) is 3.64. The highest BCUT2D eigenvalue weighted by Gasteiger charge is 2.45. The maximum absolute atomic E-state index is 4.06. The van der Waals surface area contributed by atoms with Crippen molar-refractivity contribution in [3.8, 4) is 0 Å². The van der Waals surface area contributed by atoms with Gasteiger partial charge in [0.15, 0.2) is 0 Å². The fraction of sp³-hybridized carbons (Fsp3) is 0.231. The molecule has 85 valence electrons. The number of rotatable bonds is 5. The second-order valence-electron chi connectivity index (χ2n) is 4.68. The Labute approximate surface area is 103 Å². The Morgan fingerprint density at radius 1 is 0.750 bits per heavy atom. The average Bonchev–Trinajstić information content (AvgIpc) is 2.37. The fourth-order valence-corrected chi connectivity index (χ4v) is 25.2. The average molecular weight is 262 g/mol. The van der Waals surface area contributed by atoms with E-state index < -0.39 is 24.9 Å². The molecule has 0 amide bonds. The molecule has 1 heterocycles. The van der Waals surface area contributed by atoms with Crippen LogP contribution in [0.25, 0.3) is 0 Å². The summed E-state index contributed by atoms with van der Waals surface area (Å²) in [6.07, 6.45) is 0. The van der Waals surface area contributed by atoms with Gasteiger partial charge in [-0.3, -0.25) is 0 Å². The predicted molar refractivity (Wildman–Crippen MR) is 82.7 cm³/mol. The molecule has 0 unspecified atom stereocenters. The van der Waals surface area contributed by atoms with Gasteiger partial charge in [0, 0.05) is 0 Å². The van der Waals surface area contributed by atoms with Crippen LogP contribution in [0.15, 0.2) is 61.4 Å².